The number of aromatic nitrogens is 1. The summed E-state index contributed by atoms with van der Waals surface area (Å²) in [7, 11) is 0. The van der Waals surface area contributed by atoms with Gasteiger partial charge in [-0.3, -0.25) is 4.79 Å². The lowest BCUT2D eigenvalue weighted by Crippen LogP contribution is -2.29. The third kappa shape index (κ3) is 3.69. The van der Waals surface area contributed by atoms with Gasteiger partial charge in [-0.2, -0.15) is 0 Å². The minimum atomic E-state index is -0.799. The lowest BCUT2D eigenvalue weighted by Gasteiger charge is -2.12. The maximum atomic E-state index is 11.8. The summed E-state index contributed by atoms with van der Waals surface area (Å²) >= 11 is 5.69. The molecule has 0 fully saturated rings. The molecule has 1 amide bonds. The molecule has 5 nitrogen and oxygen atoms in total. The predicted molar refractivity (Wildman–Crippen MR) is 77.4 cm³/mol. The van der Waals surface area contributed by atoms with Crippen molar-refractivity contribution >= 4 is 23.2 Å². The summed E-state index contributed by atoms with van der Waals surface area (Å²) in [6.45, 7) is 0.0903. The zero-order valence-electron chi connectivity index (χ0n) is 10.6. The Labute approximate surface area is 121 Å². The molecule has 0 saturated heterocycles. The van der Waals surface area contributed by atoms with E-state index >= 15 is 0 Å². The van der Waals surface area contributed by atoms with E-state index in [4.69, 9.17) is 17.3 Å². The molecule has 0 bridgehead atoms. The average molecular weight is 292 g/mol. The molecule has 2 rings (SSSR count). The van der Waals surface area contributed by atoms with E-state index in [9.17, 15) is 9.90 Å². The Bertz CT molecular complexity index is 584. The van der Waals surface area contributed by atoms with E-state index in [1.165, 1.54) is 12.3 Å². The standard InChI is InChI=1S/C14H14ClN3O2/c15-10-3-6-12(17-7-10)14(20)18-8-13(19)9-1-4-11(16)5-2-9/h1-7,13,19H,8,16H2,(H,18,20). The molecule has 0 aliphatic carbocycles. The summed E-state index contributed by atoms with van der Waals surface area (Å²) in [5, 5.41) is 13.0. The number of aliphatic hydroxyl groups excluding tert-OH is 1. The Balaban J connectivity index is 1.92. The number of anilines is 1. The number of nitrogens with one attached hydrogen (secondary N) is 1. The van der Waals surface area contributed by atoms with Crippen LogP contribution in [0.5, 0.6) is 0 Å². The molecule has 20 heavy (non-hydrogen) atoms. The lowest BCUT2D eigenvalue weighted by atomic mass is 10.1. The van der Waals surface area contributed by atoms with Gasteiger partial charge in [0.05, 0.1) is 11.1 Å². The number of nitrogens with zero attached hydrogens (tertiary/aromatic N) is 1. The lowest BCUT2D eigenvalue weighted by molar-refractivity contribution is 0.0911. The quantitative estimate of drug-likeness (QED) is 0.749. The second-order valence-electron chi connectivity index (χ2n) is 4.25. The van der Waals surface area contributed by atoms with Gasteiger partial charge < -0.3 is 16.2 Å². The van der Waals surface area contributed by atoms with Crippen molar-refractivity contribution in [1.29, 1.82) is 0 Å². The molecule has 4 N–H and O–H groups in total. The van der Waals surface area contributed by atoms with Crippen LogP contribution in [0.25, 0.3) is 0 Å². The molecular weight excluding hydrogens is 278 g/mol. The van der Waals surface area contributed by atoms with Crippen LogP contribution in [0.4, 0.5) is 5.69 Å². The topological polar surface area (TPSA) is 88.2 Å². The van der Waals surface area contributed by atoms with Crippen LogP contribution in [0.2, 0.25) is 5.02 Å². The highest BCUT2D eigenvalue weighted by Crippen LogP contribution is 2.14. The first-order valence-electron chi connectivity index (χ1n) is 5.99. The van der Waals surface area contributed by atoms with Gasteiger partial charge in [-0.25, -0.2) is 4.98 Å². The summed E-state index contributed by atoms with van der Waals surface area (Å²) < 4.78 is 0. The molecule has 1 aromatic carbocycles. The molecule has 0 aliphatic heterocycles. The summed E-state index contributed by atoms with van der Waals surface area (Å²) in [5.74, 6) is -0.365. The fourth-order valence-electron chi connectivity index (χ4n) is 1.63. The molecule has 2 aromatic rings. The average Bonchev–Trinajstić information content (AvgIpc) is 2.46. The fourth-order valence-corrected chi connectivity index (χ4v) is 1.74. The van der Waals surface area contributed by atoms with Crippen molar-refractivity contribution in [1.82, 2.24) is 10.3 Å². The minimum Gasteiger partial charge on any atom is -0.399 e. The first kappa shape index (κ1) is 14.3. The predicted octanol–water partition coefficient (Wildman–Crippen LogP) is 1.78. The van der Waals surface area contributed by atoms with Crippen LogP contribution in [0, 0.1) is 0 Å². The molecule has 0 spiro atoms. The summed E-state index contributed by atoms with van der Waals surface area (Å²) in [4.78, 5) is 15.7. The van der Waals surface area contributed by atoms with E-state index in [1.54, 1.807) is 30.3 Å². The fraction of sp³-hybridized carbons (Fsp3) is 0.143. The number of hydrogen-bond acceptors (Lipinski definition) is 4. The smallest absolute Gasteiger partial charge is 0.269 e. The van der Waals surface area contributed by atoms with Gasteiger partial charge in [0.15, 0.2) is 0 Å². The number of nitrogen functional groups attached to an aromatic ring is 1. The maximum Gasteiger partial charge on any atom is 0.269 e. The number of benzene rings is 1. The highest BCUT2D eigenvalue weighted by Gasteiger charge is 2.11. The summed E-state index contributed by atoms with van der Waals surface area (Å²) in [6, 6.07) is 9.93. The molecule has 0 radical (unpaired) electrons. The molecule has 0 saturated carbocycles. The molecule has 1 heterocycles. The highest BCUT2D eigenvalue weighted by atomic mass is 35.5. The van der Waals surface area contributed by atoms with Crippen LogP contribution >= 0.6 is 11.6 Å². The Morgan fingerprint density at radius 3 is 2.60 bits per heavy atom. The van der Waals surface area contributed by atoms with Crippen LogP contribution in [-0.4, -0.2) is 22.5 Å². The first-order chi connectivity index (χ1) is 9.56. The normalized spacial score (nSPS) is 11.9. The van der Waals surface area contributed by atoms with Crippen molar-refractivity contribution in [2.75, 3.05) is 12.3 Å². The second-order valence-corrected chi connectivity index (χ2v) is 4.69. The van der Waals surface area contributed by atoms with Gasteiger partial charge >= 0.3 is 0 Å². The largest absolute Gasteiger partial charge is 0.399 e. The number of carbonyl (C=O) groups is 1. The van der Waals surface area contributed by atoms with Crippen molar-refractivity contribution in [2.45, 2.75) is 6.10 Å². The number of aliphatic hydroxyl groups is 1. The van der Waals surface area contributed by atoms with E-state index in [2.05, 4.69) is 10.3 Å². The number of carbonyl (C=O) groups excluding carboxylic acids is 1. The molecule has 0 aliphatic rings. The molecule has 6 heteroatoms. The summed E-state index contributed by atoms with van der Waals surface area (Å²) in [5.41, 5.74) is 7.12. The zero-order chi connectivity index (χ0) is 14.5. The second kappa shape index (κ2) is 6.36. The van der Waals surface area contributed by atoms with Gasteiger partial charge in [0.2, 0.25) is 0 Å². The Morgan fingerprint density at radius 1 is 1.30 bits per heavy atom. The van der Waals surface area contributed by atoms with E-state index in [1.807, 2.05) is 0 Å². The number of hydrogen-bond donors (Lipinski definition) is 3. The van der Waals surface area contributed by atoms with Gasteiger partial charge in [0.1, 0.15) is 5.69 Å². The van der Waals surface area contributed by atoms with E-state index in [-0.39, 0.29) is 18.1 Å². The SMILES string of the molecule is Nc1ccc(C(O)CNC(=O)c2ccc(Cl)cn2)cc1. The number of amides is 1. The number of halogens is 1. The Hall–Kier alpha value is -2.11. The molecule has 1 atom stereocenters. The molecular formula is C14H14ClN3O2. The highest BCUT2D eigenvalue weighted by molar-refractivity contribution is 6.30. The van der Waals surface area contributed by atoms with Gasteiger partial charge in [-0.15, -0.1) is 0 Å². The molecule has 104 valence electrons. The third-order valence-electron chi connectivity index (χ3n) is 2.74. The summed E-state index contributed by atoms with van der Waals surface area (Å²) in [6.07, 6.45) is 0.596. The van der Waals surface area contributed by atoms with Crippen molar-refractivity contribution in [3.05, 3.63) is 58.9 Å². The van der Waals surface area contributed by atoms with Crippen molar-refractivity contribution in [3.8, 4) is 0 Å². The minimum absolute atomic E-state index is 0.0903. The van der Waals surface area contributed by atoms with Crippen molar-refractivity contribution in [2.24, 2.45) is 0 Å². The molecule has 1 unspecified atom stereocenters. The van der Waals surface area contributed by atoms with Gasteiger partial charge in [-0.05, 0) is 29.8 Å². The van der Waals surface area contributed by atoms with Crippen LogP contribution in [0.3, 0.4) is 0 Å². The number of pyridine rings is 1. The van der Waals surface area contributed by atoms with E-state index in [0.717, 1.165) is 0 Å². The van der Waals surface area contributed by atoms with E-state index in [0.29, 0.717) is 16.3 Å². The number of nitrogens with two attached hydrogens (primary N) is 1. The first-order valence-corrected chi connectivity index (χ1v) is 6.37. The van der Waals surface area contributed by atoms with Gasteiger partial charge in [0, 0.05) is 18.4 Å². The van der Waals surface area contributed by atoms with Gasteiger partial charge in [0.25, 0.3) is 5.91 Å². The van der Waals surface area contributed by atoms with Crippen LogP contribution in [-0.2, 0) is 0 Å². The Morgan fingerprint density at radius 2 is 2.00 bits per heavy atom. The van der Waals surface area contributed by atoms with Gasteiger partial charge in [-0.1, -0.05) is 23.7 Å². The third-order valence-corrected chi connectivity index (χ3v) is 2.96. The molecule has 1 aromatic heterocycles. The van der Waals surface area contributed by atoms with Crippen LogP contribution < -0.4 is 11.1 Å². The van der Waals surface area contributed by atoms with E-state index < -0.39 is 6.10 Å². The van der Waals surface area contributed by atoms with Crippen LogP contribution in [0.1, 0.15) is 22.2 Å². The van der Waals surface area contributed by atoms with Crippen LogP contribution in [0.15, 0.2) is 42.6 Å². The maximum absolute atomic E-state index is 11.8. The Kier molecular flexibility index (Phi) is 4.55. The zero-order valence-corrected chi connectivity index (χ0v) is 11.3. The van der Waals surface area contributed by atoms with Crippen molar-refractivity contribution < 1.29 is 9.90 Å². The van der Waals surface area contributed by atoms with Crippen molar-refractivity contribution in [3.63, 3.8) is 0 Å². The monoisotopic (exact) mass is 291 g/mol. The number of rotatable bonds is 4.